The lowest BCUT2D eigenvalue weighted by Crippen LogP contribution is -2.50. The minimum atomic E-state index is -0.576. The van der Waals surface area contributed by atoms with E-state index in [0.29, 0.717) is 12.3 Å². The zero-order valence-corrected chi connectivity index (χ0v) is 19.2. The molecule has 0 saturated heterocycles. The van der Waals surface area contributed by atoms with Crippen molar-refractivity contribution in [1.29, 1.82) is 0 Å². The van der Waals surface area contributed by atoms with Crippen LogP contribution in [0.25, 0.3) is 0 Å². The first-order valence-corrected chi connectivity index (χ1v) is 11.3. The summed E-state index contributed by atoms with van der Waals surface area (Å²) in [4.78, 5) is 27.5. The average Bonchev–Trinajstić information content (AvgIpc) is 3.25. The molecule has 2 aromatic carbocycles. The number of halogens is 1. The maximum absolute atomic E-state index is 13.0. The Bertz CT molecular complexity index is 846. The molecule has 5 nitrogen and oxygen atoms in total. The van der Waals surface area contributed by atoms with Gasteiger partial charge >= 0.3 is 0 Å². The second-order valence-electron chi connectivity index (χ2n) is 7.92. The van der Waals surface area contributed by atoms with Crippen LogP contribution < -0.4 is 10.1 Å². The highest BCUT2D eigenvalue weighted by molar-refractivity contribution is 9.10. The Hall–Kier alpha value is -2.34. The molecule has 6 heteroatoms. The van der Waals surface area contributed by atoms with E-state index < -0.39 is 6.04 Å². The number of nitrogens with one attached hydrogen (secondary N) is 1. The molecule has 0 bridgehead atoms. The van der Waals surface area contributed by atoms with Gasteiger partial charge in [0.05, 0.1) is 0 Å². The predicted molar refractivity (Wildman–Crippen MR) is 121 cm³/mol. The summed E-state index contributed by atoms with van der Waals surface area (Å²) >= 11 is 3.39. The van der Waals surface area contributed by atoms with E-state index in [9.17, 15) is 9.59 Å². The Morgan fingerprint density at radius 2 is 1.73 bits per heavy atom. The number of benzene rings is 2. The molecule has 160 valence electrons. The van der Waals surface area contributed by atoms with E-state index >= 15 is 0 Å². The quantitative estimate of drug-likeness (QED) is 0.609. The van der Waals surface area contributed by atoms with Crippen molar-refractivity contribution >= 4 is 27.7 Å². The number of carbonyl (C=O) groups is 2. The molecule has 0 radical (unpaired) electrons. The zero-order chi connectivity index (χ0) is 21.5. The Morgan fingerprint density at radius 3 is 2.37 bits per heavy atom. The van der Waals surface area contributed by atoms with Gasteiger partial charge in [-0.25, -0.2) is 0 Å². The molecule has 3 rings (SSSR count). The second-order valence-corrected chi connectivity index (χ2v) is 8.83. The number of hydrogen-bond acceptors (Lipinski definition) is 3. The second kappa shape index (κ2) is 10.6. The highest BCUT2D eigenvalue weighted by Gasteiger charge is 2.28. The van der Waals surface area contributed by atoms with Crippen molar-refractivity contribution in [2.45, 2.75) is 58.2 Å². The largest absolute Gasteiger partial charge is 0.484 e. The van der Waals surface area contributed by atoms with Gasteiger partial charge in [0.15, 0.2) is 6.61 Å². The van der Waals surface area contributed by atoms with Gasteiger partial charge in [-0.1, -0.05) is 58.6 Å². The first-order valence-electron chi connectivity index (χ1n) is 10.5. The van der Waals surface area contributed by atoms with Gasteiger partial charge in [-0.15, -0.1) is 0 Å². The van der Waals surface area contributed by atoms with E-state index in [2.05, 4.69) is 21.2 Å². The molecule has 30 heavy (non-hydrogen) atoms. The topological polar surface area (TPSA) is 58.6 Å². The molecule has 1 N–H and O–H groups in total. The molecule has 1 aliphatic carbocycles. The molecule has 1 atom stereocenters. The van der Waals surface area contributed by atoms with E-state index in [1.54, 1.807) is 24.0 Å². The maximum atomic E-state index is 13.0. The molecular formula is C24H29BrN2O3. The first kappa shape index (κ1) is 22.3. The number of rotatable bonds is 8. The van der Waals surface area contributed by atoms with Crippen LogP contribution in [0, 0.1) is 6.92 Å². The fourth-order valence-corrected chi connectivity index (χ4v) is 3.89. The number of amides is 2. The van der Waals surface area contributed by atoms with Gasteiger partial charge in [-0.05, 0) is 56.5 Å². The minimum absolute atomic E-state index is 0.106. The monoisotopic (exact) mass is 472 g/mol. The Morgan fingerprint density at radius 1 is 1.10 bits per heavy atom. The molecule has 2 aromatic rings. The van der Waals surface area contributed by atoms with Crippen molar-refractivity contribution in [3.8, 4) is 5.75 Å². The van der Waals surface area contributed by atoms with Crippen LogP contribution in [0.15, 0.2) is 53.0 Å². The van der Waals surface area contributed by atoms with Crippen molar-refractivity contribution in [2.24, 2.45) is 0 Å². The Labute approximate surface area is 186 Å². The molecule has 0 aliphatic heterocycles. The van der Waals surface area contributed by atoms with Crippen molar-refractivity contribution in [1.82, 2.24) is 10.2 Å². The summed E-state index contributed by atoms with van der Waals surface area (Å²) < 4.78 is 6.62. The summed E-state index contributed by atoms with van der Waals surface area (Å²) in [5.41, 5.74) is 2.14. The zero-order valence-electron chi connectivity index (χ0n) is 17.6. The molecule has 2 amide bonds. The SMILES string of the molecule is Cc1ccc(CN(C(=O)COc2ccc(Br)cc2)C(C)C(=O)NC2CCCC2)cc1. The fraction of sp³-hybridized carbons (Fsp3) is 0.417. The van der Waals surface area contributed by atoms with E-state index in [1.165, 1.54) is 0 Å². The summed E-state index contributed by atoms with van der Waals surface area (Å²) in [6.45, 7) is 4.06. The molecule has 1 fully saturated rings. The lowest BCUT2D eigenvalue weighted by molar-refractivity contribution is -0.142. The van der Waals surface area contributed by atoms with Gasteiger partial charge < -0.3 is 15.0 Å². The normalized spacial score (nSPS) is 14.9. The van der Waals surface area contributed by atoms with Gasteiger partial charge in [0.25, 0.3) is 5.91 Å². The molecule has 0 spiro atoms. The molecule has 1 unspecified atom stereocenters. The van der Waals surface area contributed by atoms with E-state index in [4.69, 9.17) is 4.74 Å². The number of aryl methyl sites for hydroxylation is 1. The van der Waals surface area contributed by atoms with Crippen LogP contribution in [-0.4, -0.2) is 35.4 Å². The van der Waals surface area contributed by atoms with Crippen molar-refractivity contribution in [2.75, 3.05) is 6.61 Å². The summed E-state index contributed by atoms with van der Waals surface area (Å²) in [5.74, 6) is 0.295. The third kappa shape index (κ3) is 6.33. The first-order chi connectivity index (χ1) is 14.4. The third-order valence-corrected chi connectivity index (χ3v) is 6.05. The van der Waals surface area contributed by atoms with Crippen molar-refractivity contribution < 1.29 is 14.3 Å². The fourth-order valence-electron chi connectivity index (χ4n) is 3.62. The number of hydrogen-bond donors (Lipinski definition) is 1. The lowest BCUT2D eigenvalue weighted by Gasteiger charge is -2.29. The third-order valence-electron chi connectivity index (χ3n) is 5.52. The van der Waals surface area contributed by atoms with Crippen LogP contribution in [0.2, 0.25) is 0 Å². The summed E-state index contributed by atoms with van der Waals surface area (Å²) in [6.07, 6.45) is 4.31. The number of nitrogens with zero attached hydrogens (tertiary/aromatic N) is 1. The Kier molecular flexibility index (Phi) is 7.91. The van der Waals surface area contributed by atoms with Crippen molar-refractivity contribution in [3.05, 3.63) is 64.1 Å². The van der Waals surface area contributed by atoms with Crippen LogP contribution in [0.1, 0.15) is 43.7 Å². The van der Waals surface area contributed by atoms with Gasteiger partial charge in [0.1, 0.15) is 11.8 Å². The highest BCUT2D eigenvalue weighted by Crippen LogP contribution is 2.19. The summed E-state index contributed by atoms with van der Waals surface area (Å²) in [5, 5.41) is 3.11. The molecule has 1 saturated carbocycles. The molecule has 0 heterocycles. The van der Waals surface area contributed by atoms with Crippen LogP contribution in [0.3, 0.4) is 0 Å². The van der Waals surface area contributed by atoms with Crippen LogP contribution in [0.4, 0.5) is 0 Å². The molecule has 0 aromatic heterocycles. The van der Waals surface area contributed by atoms with E-state index in [-0.39, 0.29) is 24.5 Å². The van der Waals surface area contributed by atoms with Crippen LogP contribution in [0.5, 0.6) is 5.75 Å². The van der Waals surface area contributed by atoms with Gasteiger partial charge in [0.2, 0.25) is 5.91 Å². The smallest absolute Gasteiger partial charge is 0.261 e. The van der Waals surface area contributed by atoms with Crippen LogP contribution >= 0.6 is 15.9 Å². The molecule has 1 aliphatic rings. The van der Waals surface area contributed by atoms with E-state index in [1.807, 2.05) is 43.3 Å². The molecular weight excluding hydrogens is 444 g/mol. The average molecular weight is 473 g/mol. The van der Waals surface area contributed by atoms with Crippen molar-refractivity contribution in [3.63, 3.8) is 0 Å². The summed E-state index contributed by atoms with van der Waals surface area (Å²) in [6, 6.07) is 15.0. The predicted octanol–water partition coefficient (Wildman–Crippen LogP) is 4.61. The van der Waals surface area contributed by atoms with Gasteiger partial charge in [-0.2, -0.15) is 0 Å². The summed E-state index contributed by atoms with van der Waals surface area (Å²) in [7, 11) is 0. The number of ether oxygens (including phenoxy) is 1. The van der Waals surface area contributed by atoms with Crippen LogP contribution in [-0.2, 0) is 16.1 Å². The van der Waals surface area contributed by atoms with E-state index in [0.717, 1.165) is 41.3 Å². The number of carbonyl (C=O) groups excluding carboxylic acids is 2. The van der Waals surface area contributed by atoms with Gasteiger partial charge in [-0.3, -0.25) is 9.59 Å². The van der Waals surface area contributed by atoms with Gasteiger partial charge in [0, 0.05) is 17.1 Å². The maximum Gasteiger partial charge on any atom is 0.261 e. The lowest BCUT2D eigenvalue weighted by atomic mass is 10.1. The standard InChI is InChI=1S/C24H29BrN2O3/c1-17-7-9-19(10-8-17)15-27(18(2)24(29)26-21-5-3-4-6-21)23(28)16-30-22-13-11-20(25)12-14-22/h7-14,18,21H,3-6,15-16H2,1-2H3,(H,26,29). The Balaban J connectivity index is 1.69. The highest BCUT2D eigenvalue weighted by atomic mass is 79.9. The minimum Gasteiger partial charge on any atom is -0.484 e.